The Hall–Kier alpha value is -1.85. The maximum absolute atomic E-state index is 2.18. The van der Waals surface area contributed by atoms with E-state index in [1.54, 1.807) is 0 Å². The van der Waals surface area contributed by atoms with Crippen LogP contribution >= 0.6 is 0 Å². The van der Waals surface area contributed by atoms with Gasteiger partial charge in [0.2, 0.25) is 0 Å². The van der Waals surface area contributed by atoms with Crippen LogP contribution in [0.2, 0.25) is 0 Å². The van der Waals surface area contributed by atoms with Gasteiger partial charge >= 0.3 is 0 Å². The molecule has 0 radical (unpaired) electrons. The van der Waals surface area contributed by atoms with Crippen LogP contribution in [0.1, 0.15) is 11.1 Å². The number of rotatable bonds is 3. The quantitative estimate of drug-likeness (QED) is 0.376. The second-order valence-corrected chi connectivity index (χ2v) is 5.63. The molecular formula is C23H21Zr-. The van der Waals surface area contributed by atoms with E-state index < -0.39 is 0 Å². The molecular weight excluding hydrogens is 367 g/mol. The molecule has 0 spiro atoms. The van der Waals surface area contributed by atoms with Gasteiger partial charge in [-0.15, -0.1) is 29.7 Å². The molecule has 0 aliphatic heterocycles. The average molecular weight is 389 g/mol. The van der Waals surface area contributed by atoms with Crippen LogP contribution in [0, 0.1) is 0 Å². The molecule has 1 heteroatoms. The Morgan fingerprint density at radius 3 is 1.58 bits per heavy atom. The first-order valence-corrected chi connectivity index (χ1v) is 8.10. The van der Waals surface area contributed by atoms with Crippen LogP contribution in [0.3, 0.4) is 0 Å². The molecule has 0 aliphatic rings. The molecule has 0 fully saturated rings. The van der Waals surface area contributed by atoms with Gasteiger partial charge in [-0.25, -0.2) is 0 Å². The van der Waals surface area contributed by atoms with Crippen molar-refractivity contribution in [3.05, 3.63) is 114 Å². The summed E-state index contributed by atoms with van der Waals surface area (Å²) in [6.45, 7) is 0. The normalized spacial score (nSPS) is 9.67. The third kappa shape index (κ3) is 5.66. The van der Waals surface area contributed by atoms with E-state index in [4.69, 9.17) is 0 Å². The van der Waals surface area contributed by atoms with Crippen molar-refractivity contribution in [2.75, 3.05) is 0 Å². The summed E-state index contributed by atoms with van der Waals surface area (Å²) in [7, 11) is 0. The zero-order chi connectivity index (χ0) is 15.7. The fraction of sp³-hybridized carbons (Fsp3) is 0.0870. The van der Waals surface area contributed by atoms with Gasteiger partial charge in [0.05, 0.1) is 0 Å². The summed E-state index contributed by atoms with van der Waals surface area (Å²) in [5.41, 5.74) is 2.83. The summed E-state index contributed by atoms with van der Waals surface area (Å²) in [5, 5.41) is 2.66. The summed E-state index contributed by atoms with van der Waals surface area (Å²) in [6.07, 6.45) is 2.26. The van der Waals surface area contributed by atoms with Gasteiger partial charge in [-0.1, -0.05) is 66.7 Å². The molecule has 0 aromatic heterocycles. The van der Waals surface area contributed by atoms with Crippen LogP contribution in [0.5, 0.6) is 0 Å². The third-order valence-corrected chi connectivity index (χ3v) is 3.94. The van der Waals surface area contributed by atoms with E-state index >= 15 is 0 Å². The topological polar surface area (TPSA) is 0 Å². The van der Waals surface area contributed by atoms with Crippen molar-refractivity contribution in [1.82, 2.24) is 0 Å². The largest absolute Gasteiger partial charge is 0.168 e. The zero-order valence-corrected chi connectivity index (χ0v) is 16.2. The van der Waals surface area contributed by atoms with Crippen molar-refractivity contribution in [3.8, 4) is 0 Å². The maximum Gasteiger partial charge on any atom is 0 e. The molecule has 0 N–H and O–H groups in total. The second kappa shape index (κ2) is 10.1. The van der Waals surface area contributed by atoms with Gasteiger partial charge in [0.1, 0.15) is 0 Å². The number of hydrogen-bond donors (Lipinski definition) is 0. The van der Waals surface area contributed by atoms with E-state index in [1.807, 2.05) is 0 Å². The molecule has 0 heterocycles. The van der Waals surface area contributed by atoms with E-state index in [0.717, 1.165) is 12.8 Å². The Morgan fingerprint density at radius 1 is 0.542 bits per heavy atom. The molecule has 4 aromatic carbocycles. The molecule has 24 heavy (non-hydrogen) atoms. The van der Waals surface area contributed by atoms with Crippen molar-refractivity contribution >= 4 is 10.8 Å². The average Bonchev–Trinajstić information content (AvgIpc) is 3.11. The first-order chi connectivity index (χ1) is 11.4. The number of hydrogen-bond acceptors (Lipinski definition) is 0. The third-order valence-electron chi connectivity index (χ3n) is 3.94. The summed E-state index contributed by atoms with van der Waals surface area (Å²) in [4.78, 5) is 0. The van der Waals surface area contributed by atoms with Crippen LogP contribution < -0.4 is 0 Å². The fourth-order valence-corrected chi connectivity index (χ4v) is 2.65. The van der Waals surface area contributed by atoms with Crippen LogP contribution in [0.15, 0.2) is 103 Å². The van der Waals surface area contributed by atoms with Gasteiger partial charge in [0.25, 0.3) is 0 Å². The van der Waals surface area contributed by atoms with Crippen LogP contribution in [0.25, 0.3) is 10.8 Å². The molecule has 118 valence electrons. The van der Waals surface area contributed by atoms with Gasteiger partial charge in [0.15, 0.2) is 0 Å². The van der Waals surface area contributed by atoms with E-state index in [0.29, 0.717) is 0 Å². The minimum Gasteiger partial charge on any atom is -0.168 e. The minimum atomic E-state index is 0. The first kappa shape index (κ1) is 18.5. The van der Waals surface area contributed by atoms with Gasteiger partial charge in [-0.05, 0) is 24.0 Å². The number of fused-ring (bicyclic) bond motifs is 1. The molecule has 0 atom stereocenters. The van der Waals surface area contributed by atoms with E-state index in [9.17, 15) is 0 Å². The molecule has 0 saturated heterocycles. The second-order valence-electron chi connectivity index (χ2n) is 5.63. The Labute approximate surface area is 163 Å². The number of aryl methyl sites for hydroxylation is 2. The molecule has 0 saturated carbocycles. The Kier molecular flexibility index (Phi) is 7.79. The standard InChI is InChI=1S/C14H14.C9H7.Zr/c1-3-7-13(8-4-1)11-12-14-9-5-2-6-10-14;1-2-5-9-7-3-6-8(9)4-1;/h1-10H,11-12H2;1-7H;/q;-1;. The summed E-state index contributed by atoms with van der Waals surface area (Å²) in [5.74, 6) is 0. The Bertz CT molecular complexity index is 746. The molecule has 0 nitrogen and oxygen atoms in total. The smallest absolute Gasteiger partial charge is 0 e. The molecule has 0 amide bonds. The molecule has 4 aromatic rings. The Balaban J connectivity index is 0.000000181. The molecule has 0 aliphatic carbocycles. The van der Waals surface area contributed by atoms with Gasteiger partial charge in [0, 0.05) is 26.2 Å². The van der Waals surface area contributed by atoms with E-state index in [-0.39, 0.29) is 26.2 Å². The minimum absolute atomic E-state index is 0. The van der Waals surface area contributed by atoms with Crippen molar-refractivity contribution in [3.63, 3.8) is 0 Å². The molecule has 0 bridgehead atoms. The monoisotopic (exact) mass is 387 g/mol. The number of benzene rings is 3. The predicted molar refractivity (Wildman–Crippen MR) is 99.8 cm³/mol. The zero-order valence-electron chi connectivity index (χ0n) is 13.7. The van der Waals surface area contributed by atoms with Crippen LogP contribution in [0.4, 0.5) is 0 Å². The summed E-state index contributed by atoms with van der Waals surface area (Å²) >= 11 is 0. The van der Waals surface area contributed by atoms with Crippen molar-refractivity contribution < 1.29 is 26.2 Å². The maximum atomic E-state index is 2.18. The van der Waals surface area contributed by atoms with Gasteiger partial charge in [-0.2, -0.15) is 17.5 Å². The van der Waals surface area contributed by atoms with Gasteiger partial charge in [-0.3, -0.25) is 0 Å². The van der Waals surface area contributed by atoms with Crippen molar-refractivity contribution in [2.24, 2.45) is 0 Å². The van der Waals surface area contributed by atoms with Crippen LogP contribution in [-0.4, -0.2) is 0 Å². The van der Waals surface area contributed by atoms with Crippen molar-refractivity contribution in [1.29, 1.82) is 0 Å². The van der Waals surface area contributed by atoms with Crippen LogP contribution in [-0.2, 0) is 39.0 Å². The molecule has 4 rings (SSSR count). The molecule has 0 unspecified atom stereocenters. The first-order valence-electron chi connectivity index (χ1n) is 8.10. The fourth-order valence-electron chi connectivity index (χ4n) is 2.65. The SMILES string of the molecule is [Zr].c1ccc(CCc2ccccc2)cc1.c1ccc2[cH-]ccc2c1. The predicted octanol–water partition coefficient (Wildman–Crippen LogP) is 6.03. The summed E-state index contributed by atoms with van der Waals surface area (Å²) in [6, 6.07) is 35.9. The Morgan fingerprint density at radius 2 is 1.04 bits per heavy atom. The van der Waals surface area contributed by atoms with Gasteiger partial charge < -0.3 is 0 Å². The summed E-state index contributed by atoms with van der Waals surface area (Å²) < 4.78 is 0. The van der Waals surface area contributed by atoms with E-state index in [1.165, 1.54) is 21.9 Å². The van der Waals surface area contributed by atoms with E-state index in [2.05, 4.69) is 103 Å². The van der Waals surface area contributed by atoms with Crippen molar-refractivity contribution in [2.45, 2.75) is 12.8 Å².